The van der Waals surface area contributed by atoms with Gasteiger partial charge < -0.3 is 9.80 Å². The number of benzene rings is 3. The second kappa shape index (κ2) is 10.1. The number of carbonyl (C=O) groups is 3. The molecule has 0 saturated carbocycles. The summed E-state index contributed by atoms with van der Waals surface area (Å²) in [5, 5.41) is 3.13. The van der Waals surface area contributed by atoms with Gasteiger partial charge in [0.25, 0.3) is 5.91 Å². The van der Waals surface area contributed by atoms with Crippen molar-refractivity contribution < 1.29 is 14.4 Å². The smallest absolute Gasteiger partial charge is 0.255 e. The van der Waals surface area contributed by atoms with E-state index in [0.29, 0.717) is 30.6 Å². The Morgan fingerprint density at radius 2 is 1.60 bits per heavy atom. The number of hydrogen-bond donors (Lipinski definition) is 1. The van der Waals surface area contributed by atoms with Crippen LogP contribution in [-0.4, -0.2) is 58.7 Å². The third-order valence-electron chi connectivity index (χ3n) is 8.93. The summed E-state index contributed by atoms with van der Waals surface area (Å²) in [7, 11) is 0. The van der Waals surface area contributed by atoms with Crippen molar-refractivity contribution >= 4 is 35.0 Å². The highest BCUT2D eigenvalue weighted by Crippen LogP contribution is 2.38. The van der Waals surface area contributed by atoms with Gasteiger partial charge >= 0.3 is 0 Å². The molecule has 3 atom stereocenters. The monoisotopic (exact) mass is 554 g/mol. The number of piperazine rings is 1. The van der Waals surface area contributed by atoms with Crippen LogP contribution in [0, 0.1) is 0 Å². The predicted octanol–water partition coefficient (Wildman–Crippen LogP) is 4.62. The van der Waals surface area contributed by atoms with E-state index in [1.165, 1.54) is 16.7 Å². The Balaban J connectivity index is 1.07. The lowest BCUT2D eigenvalue weighted by atomic mass is 9.98. The van der Waals surface area contributed by atoms with Gasteiger partial charge in [0, 0.05) is 61.0 Å². The lowest BCUT2D eigenvalue weighted by Crippen LogP contribution is -2.53. The fourth-order valence-electron chi connectivity index (χ4n) is 7.07. The Hall–Kier alpha value is -3.68. The van der Waals surface area contributed by atoms with E-state index in [1.54, 1.807) is 4.90 Å². The number of imide groups is 1. The Morgan fingerprint density at radius 1 is 0.850 bits per heavy atom. The van der Waals surface area contributed by atoms with Crippen LogP contribution in [-0.2, 0) is 22.7 Å². The number of hydrogen-bond acceptors (Lipinski definition) is 5. The Bertz CT molecular complexity index is 1490. The van der Waals surface area contributed by atoms with Gasteiger partial charge in [-0.25, -0.2) is 0 Å². The average molecular weight is 555 g/mol. The molecule has 3 amide bonds. The fraction of sp³-hybridized carbons (Fsp3) is 0.344. The minimum absolute atomic E-state index is 0.122. The maximum absolute atomic E-state index is 13.1. The van der Waals surface area contributed by atoms with Crippen LogP contribution in [0.25, 0.3) is 11.1 Å². The number of rotatable bonds is 5. The number of halogens is 1. The zero-order valence-electron chi connectivity index (χ0n) is 22.2. The van der Waals surface area contributed by atoms with Crippen molar-refractivity contribution in [1.29, 1.82) is 0 Å². The van der Waals surface area contributed by atoms with Gasteiger partial charge in [0.2, 0.25) is 11.8 Å². The molecule has 0 radical (unpaired) electrons. The van der Waals surface area contributed by atoms with E-state index in [9.17, 15) is 14.4 Å². The van der Waals surface area contributed by atoms with Gasteiger partial charge in [0.1, 0.15) is 6.04 Å². The molecule has 1 N–H and O–H groups in total. The third-order valence-corrected chi connectivity index (χ3v) is 9.18. The highest BCUT2D eigenvalue weighted by atomic mass is 35.5. The van der Waals surface area contributed by atoms with Crippen molar-refractivity contribution in [2.75, 3.05) is 18.0 Å². The van der Waals surface area contributed by atoms with Crippen LogP contribution in [0.4, 0.5) is 5.69 Å². The molecule has 4 aliphatic rings. The largest absolute Gasteiger partial charge is 0.363 e. The van der Waals surface area contributed by atoms with Crippen LogP contribution in [0.5, 0.6) is 0 Å². The van der Waals surface area contributed by atoms with Gasteiger partial charge in [-0.3, -0.25) is 24.6 Å². The molecular formula is C32H31ClN4O3. The minimum atomic E-state index is -0.587. The second-order valence-corrected chi connectivity index (χ2v) is 11.8. The summed E-state index contributed by atoms with van der Waals surface area (Å²) in [6, 6.07) is 23.1. The summed E-state index contributed by atoms with van der Waals surface area (Å²) in [5.74, 6) is -0.761. The van der Waals surface area contributed by atoms with Gasteiger partial charge in [0.15, 0.2) is 0 Å². The van der Waals surface area contributed by atoms with Gasteiger partial charge in [-0.05, 0) is 71.8 Å². The number of fused-ring (bicyclic) bond motifs is 3. The molecule has 2 bridgehead atoms. The molecule has 0 spiro atoms. The molecule has 0 aliphatic carbocycles. The highest BCUT2D eigenvalue weighted by molar-refractivity contribution is 6.30. The number of nitrogens with one attached hydrogen (secondary N) is 1. The van der Waals surface area contributed by atoms with Crippen molar-refractivity contribution in [3.05, 3.63) is 88.4 Å². The predicted molar refractivity (Wildman–Crippen MR) is 154 cm³/mol. The summed E-state index contributed by atoms with van der Waals surface area (Å²) < 4.78 is 0. The van der Waals surface area contributed by atoms with E-state index in [0.717, 1.165) is 48.7 Å². The summed E-state index contributed by atoms with van der Waals surface area (Å²) in [6.07, 6.45) is 2.95. The highest BCUT2D eigenvalue weighted by Gasteiger charge is 2.42. The lowest BCUT2D eigenvalue weighted by Gasteiger charge is -2.43. The van der Waals surface area contributed by atoms with Gasteiger partial charge in [-0.15, -0.1) is 0 Å². The van der Waals surface area contributed by atoms with Crippen LogP contribution in [0.2, 0.25) is 5.02 Å². The quantitative estimate of drug-likeness (QED) is 0.466. The first kappa shape index (κ1) is 25.3. The molecule has 3 aromatic carbocycles. The summed E-state index contributed by atoms with van der Waals surface area (Å²) >= 11 is 6.13. The van der Waals surface area contributed by atoms with Crippen LogP contribution in [0.1, 0.15) is 47.2 Å². The van der Waals surface area contributed by atoms with Crippen LogP contribution < -0.4 is 10.2 Å². The van der Waals surface area contributed by atoms with Crippen molar-refractivity contribution in [2.24, 2.45) is 0 Å². The molecule has 7 rings (SSSR count). The van der Waals surface area contributed by atoms with Crippen molar-refractivity contribution in [1.82, 2.24) is 15.1 Å². The van der Waals surface area contributed by atoms with E-state index >= 15 is 0 Å². The number of likely N-dealkylation sites (tertiary alicyclic amines) is 1. The van der Waals surface area contributed by atoms with E-state index in [1.807, 2.05) is 18.2 Å². The maximum atomic E-state index is 13.1. The molecule has 3 unspecified atom stereocenters. The molecule has 8 heteroatoms. The molecule has 3 fully saturated rings. The zero-order valence-corrected chi connectivity index (χ0v) is 22.9. The topological polar surface area (TPSA) is 73.0 Å². The summed E-state index contributed by atoms with van der Waals surface area (Å²) in [6.45, 7) is 3.29. The Labute approximate surface area is 238 Å². The van der Waals surface area contributed by atoms with Crippen molar-refractivity contribution in [2.45, 2.75) is 56.9 Å². The van der Waals surface area contributed by atoms with Gasteiger partial charge in [-0.2, -0.15) is 0 Å². The SMILES string of the molecule is O=C1CCC(N2Cc3cc(N4C5CCC4CN(Cc4ccccc4-c4ccc(Cl)cc4)C5)ccc3C2=O)C(=O)N1. The summed E-state index contributed by atoms with van der Waals surface area (Å²) in [4.78, 5) is 43.9. The number of amides is 3. The van der Waals surface area contributed by atoms with Crippen LogP contribution in [0.15, 0.2) is 66.7 Å². The summed E-state index contributed by atoms with van der Waals surface area (Å²) in [5.41, 5.74) is 6.54. The number of piperidine rings is 1. The van der Waals surface area contributed by atoms with Crippen molar-refractivity contribution in [3.8, 4) is 11.1 Å². The minimum Gasteiger partial charge on any atom is -0.363 e. The first-order valence-corrected chi connectivity index (χ1v) is 14.4. The molecule has 4 aliphatic heterocycles. The normalized spacial score (nSPS) is 24.4. The molecular weight excluding hydrogens is 524 g/mol. The molecule has 3 saturated heterocycles. The van der Waals surface area contributed by atoms with Gasteiger partial charge in [0.05, 0.1) is 0 Å². The third kappa shape index (κ3) is 4.47. The Morgan fingerprint density at radius 3 is 2.35 bits per heavy atom. The second-order valence-electron chi connectivity index (χ2n) is 11.4. The first-order valence-electron chi connectivity index (χ1n) is 14.1. The zero-order chi connectivity index (χ0) is 27.4. The fourth-order valence-corrected chi connectivity index (χ4v) is 7.20. The van der Waals surface area contributed by atoms with E-state index in [2.05, 4.69) is 63.6 Å². The lowest BCUT2D eigenvalue weighted by molar-refractivity contribution is -0.136. The maximum Gasteiger partial charge on any atom is 0.255 e. The van der Waals surface area contributed by atoms with E-state index in [-0.39, 0.29) is 24.1 Å². The molecule has 40 heavy (non-hydrogen) atoms. The van der Waals surface area contributed by atoms with Crippen LogP contribution in [0.3, 0.4) is 0 Å². The molecule has 204 valence electrons. The van der Waals surface area contributed by atoms with E-state index in [4.69, 9.17) is 11.6 Å². The average Bonchev–Trinajstić information content (AvgIpc) is 3.41. The molecule has 0 aromatic heterocycles. The first-order chi connectivity index (χ1) is 19.4. The van der Waals surface area contributed by atoms with E-state index < -0.39 is 6.04 Å². The molecule has 3 aromatic rings. The van der Waals surface area contributed by atoms with Crippen LogP contribution >= 0.6 is 11.6 Å². The number of anilines is 1. The number of nitrogens with zero attached hydrogens (tertiary/aromatic N) is 3. The Kier molecular flexibility index (Phi) is 6.36. The standard InChI is InChI=1S/C32H31ClN4O3/c33-23-7-5-20(6-8-23)27-4-2-1-3-21(27)16-35-18-25-9-10-26(19-35)37(25)24-11-12-28-22(15-24)17-36(32(28)40)29-13-14-30(38)34-31(29)39/h1-8,11-12,15,25-26,29H,9-10,13-14,16-19H2,(H,34,38,39). The van der Waals surface area contributed by atoms with Gasteiger partial charge in [-0.1, -0.05) is 48.0 Å². The molecule has 4 heterocycles. The number of carbonyl (C=O) groups excluding carboxylic acids is 3. The molecule has 7 nitrogen and oxygen atoms in total. The van der Waals surface area contributed by atoms with Crippen molar-refractivity contribution in [3.63, 3.8) is 0 Å².